The quantitative estimate of drug-likeness (QED) is 0.0422. The van der Waals surface area contributed by atoms with Crippen molar-refractivity contribution in [2.45, 2.75) is 37.5 Å². The average molecular weight is 791 g/mol. The van der Waals surface area contributed by atoms with Gasteiger partial charge in [-0.1, -0.05) is 0 Å². The molecule has 0 N–H and O–H groups in total. The summed E-state index contributed by atoms with van der Waals surface area (Å²) in [6, 6.07) is 0.394. The molecule has 0 unspecified atom stereocenters. The summed E-state index contributed by atoms with van der Waals surface area (Å²) in [5.74, 6) is -35.8. The van der Waals surface area contributed by atoms with Crippen LogP contribution in [0.4, 0.5) is 43.9 Å². The Morgan fingerprint density at radius 1 is 0.442 bits per heavy atom. The predicted molar refractivity (Wildman–Crippen MR) is 153 cm³/mol. The number of benzene rings is 3. The monoisotopic (exact) mass is 790 g/mol. The van der Waals surface area contributed by atoms with Crippen LogP contribution in [0.3, 0.4) is 0 Å². The van der Waals surface area contributed by atoms with Crippen LogP contribution >= 0.6 is 0 Å². The van der Waals surface area contributed by atoms with Crippen LogP contribution in [0.25, 0.3) is 12.2 Å². The first-order valence-corrected chi connectivity index (χ1v) is 16.1. The zero-order valence-electron chi connectivity index (χ0n) is 26.0. The first-order valence-electron chi connectivity index (χ1n) is 13.3. The summed E-state index contributed by atoms with van der Waals surface area (Å²) in [6.07, 6.45) is 0.743. The van der Waals surface area contributed by atoms with Gasteiger partial charge < -0.3 is 8.37 Å². The molecule has 0 aliphatic heterocycles. The maximum atomic E-state index is 14.5. The Morgan fingerprint density at radius 3 is 0.865 bits per heavy atom. The van der Waals surface area contributed by atoms with Crippen molar-refractivity contribution in [3.05, 3.63) is 92.6 Å². The molecule has 10 nitrogen and oxygen atoms in total. The van der Waals surface area contributed by atoms with Crippen LogP contribution in [-0.2, 0) is 39.4 Å². The van der Waals surface area contributed by atoms with Gasteiger partial charge in [0, 0.05) is 11.1 Å². The lowest BCUT2D eigenvalue weighted by Gasteiger charge is -2.17. The summed E-state index contributed by atoms with van der Waals surface area (Å²) in [5, 5.41) is 0. The molecule has 3 rings (SSSR count). The van der Waals surface area contributed by atoms with Gasteiger partial charge in [0.15, 0.2) is 91.0 Å². The SMILES string of the molecule is CC(=O)C(=Cc1cc(OS(=O)(=O)c2c(F)c(F)c(F)c(F)c2F)c(C=C(C(C)=O)C(C)=O)cc1OS(=O)(=O)c1c(F)c(F)c(F)c(F)c1F)C(C)=O. The van der Waals surface area contributed by atoms with E-state index in [-0.39, 0.29) is 12.1 Å². The lowest BCUT2D eigenvalue weighted by molar-refractivity contribution is -0.120. The standard InChI is InChI=1S/C30H16F10O10S2/c1-9(41)15(10(2)42)5-13-7-18(50-52(47,48)30-27(39)23(35)20(32)24(36)28(30)40)14(6-16(11(3)43)12(4)44)8-17(13)49-51(45,46)29-25(37)21(33)19(31)22(34)26(29)38/h5-8H,1-4H3. The molecule has 0 saturated carbocycles. The lowest BCUT2D eigenvalue weighted by Crippen LogP contribution is -2.19. The van der Waals surface area contributed by atoms with E-state index in [0.29, 0.717) is 12.2 Å². The Balaban J connectivity index is 2.55. The van der Waals surface area contributed by atoms with Gasteiger partial charge in [0.1, 0.15) is 0 Å². The van der Waals surface area contributed by atoms with Crippen LogP contribution in [0.5, 0.6) is 11.5 Å². The number of carbonyl (C=O) groups is 4. The topological polar surface area (TPSA) is 155 Å². The van der Waals surface area contributed by atoms with Gasteiger partial charge in [0.05, 0.1) is 11.1 Å². The third kappa shape index (κ3) is 7.76. The zero-order chi connectivity index (χ0) is 39.9. The molecule has 0 spiro atoms. The van der Waals surface area contributed by atoms with Crippen molar-refractivity contribution in [3.8, 4) is 11.5 Å². The molecular formula is C30H16F10O10S2. The van der Waals surface area contributed by atoms with Crippen molar-refractivity contribution in [1.82, 2.24) is 0 Å². The fraction of sp³-hybridized carbons (Fsp3) is 0.133. The van der Waals surface area contributed by atoms with Crippen LogP contribution in [0.2, 0.25) is 0 Å². The van der Waals surface area contributed by atoms with E-state index >= 15 is 0 Å². The van der Waals surface area contributed by atoms with Crippen LogP contribution in [0, 0.1) is 58.2 Å². The van der Waals surface area contributed by atoms with Crippen molar-refractivity contribution < 1.29 is 88.3 Å². The van der Waals surface area contributed by atoms with Crippen molar-refractivity contribution >= 4 is 55.5 Å². The minimum atomic E-state index is -6.26. The molecule has 3 aromatic carbocycles. The van der Waals surface area contributed by atoms with Crippen LogP contribution < -0.4 is 8.37 Å². The first-order chi connectivity index (χ1) is 23.8. The molecule has 22 heteroatoms. The zero-order valence-corrected chi connectivity index (χ0v) is 27.6. The molecule has 0 atom stereocenters. The maximum absolute atomic E-state index is 14.5. The molecule has 0 amide bonds. The van der Waals surface area contributed by atoms with Gasteiger partial charge in [-0.2, -0.15) is 16.8 Å². The van der Waals surface area contributed by atoms with Crippen molar-refractivity contribution in [1.29, 1.82) is 0 Å². The Hall–Kier alpha value is -5.38. The summed E-state index contributed by atoms with van der Waals surface area (Å²) in [5.41, 5.74) is -4.02. The number of halogens is 10. The van der Waals surface area contributed by atoms with Gasteiger partial charge >= 0.3 is 20.2 Å². The van der Waals surface area contributed by atoms with Crippen LogP contribution in [0.15, 0.2) is 33.1 Å². The summed E-state index contributed by atoms with van der Waals surface area (Å²) in [4.78, 5) is 43.5. The molecule has 0 aliphatic carbocycles. The van der Waals surface area contributed by atoms with E-state index in [9.17, 15) is 79.9 Å². The summed E-state index contributed by atoms with van der Waals surface area (Å²) in [7, 11) is -12.5. The second kappa shape index (κ2) is 14.7. The van der Waals surface area contributed by atoms with Gasteiger partial charge in [0.25, 0.3) is 0 Å². The smallest absolute Gasteiger partial charge is 0.345 e. The fourth-order valence-corrected chi connectivity index (χ4v) is 6.27. The third-order valence-electron chi connectivity index (χ3n) is 6.50. The van der Waals surface area contributed by atoms with Crippen molar-refractivity contribution in [2.75, 3.05) is 0 Å². The van der Waals surface area contributed by atoms with Crippen molar-refractivity contribution in [2.24, 2.45) is 0 Å². The van der Waals surface area contributed by atoms with Gasteiger partial charge in [0.2, 0.25) is 11.6 Å². The Labute approximate surface area is 285 Å². The minimum Gasteiger partial charge on any atom is -0.378 e. The number of rotatable bonds is 12. The second-order valence-electron chi connectivity index (χ2n) is 10.1. The number of hydrogen-bond donors (Lipinski definition) is 0. The largest absolute Gasteiger partial charge is 0.378 e. The number of carbonyl (C=O) groups excluding carboxylic acids is 4. The molecule has 0 aliphatic rings. The average Bonchev–Trinajstić information content (AvgIpc) is 3.02. The molecule has 3 aromatic rings. The molecule has 52 heavy (non-hydrogen) atoms. The second-order valence-corrected chi connectivity index (χ2v) is 13.1. The maximum Gasteiger partial charge on any atom is 0.345 e. The summed E-state index contributed by atoms with van der Waals surface area (Å²) < 4.78 is 202. The summed E-state index contributed by atoms with van der Waals surface area (Å²) in [6.45, 7) is 2.97. The highest BCUT2D eigenvalue weighted by Crippen LogP contribution is 2.38. The molecule has 0 fully saturated rings. The first kappa shape index (κ1) is 41.0. The van der Waals surface area contributed by atoms with E-state index < -0.39 is 145 Å². The Bertz CT molecular complexity index is 2150. The fourth-order valence-electron chi connectivity index (χ4n) is 4.10. The number of allylic oxidation sites excluding steroid dienone is 2. The molecule has 0 radical (unpaired) electrons. The molecular weight excluding hydrogens is 774 g/mol. The van der Waals surface area contributed by atoms with E-state index in [1.54, 1.807) is 0 Å². The van der Waals surface area contributed by atoms with Gasteiger partial charge in [-0.15, -0.1) is 0 Å². The molecule has 0 saturated heterocycles. The normalized spacial score (nSPS) is 11.5. The van der Waals surface area contributed by atoms with Crippen LogP contribution in [-0.4, -0.2) is 40.0 Å². The predicted octanol–water partition coefficient (Wildman–Crippen LogP) is 5.74. The summed E-state index contributed by atoms with van der Waals surface area (Å²) >= 11 is 0. The van der Waals surface area contributed by atoms with E-state index in [1.807, 2.05) is 0 Å². The highest BCUT2D eigenvalue weighted by Gasteiger charge is 2.38. The van der Waals surface area contributed by atoms with E-state index in [4.69, 9.17) is 0 Å². The van der Waals surface area contributed by atoms with Gasteiger partial charge in [-0.3, -0.25) is 19.2 Å². The molecule has 0 heterocycles. The number of Topliss-reactive ketones (excluding diaryl/α,β-unsaturated/α-hetero) is 4. The minimum absolute atomic E-state index is 0.197. The highest BCUT2D eigenvalue weighted by atomic mass is 32.2. The molecule has 0 aromatic heterocycles. The van der Waals surface area contributed by atoms with Crippen molar-refractivity contribution in [3.63, 3.8) is 0 Å². The molecule has 0 bridgehead atoms. The van der Waals surface area contributed by atoms with Gasteiger partial charge in [-0.25, -0.2) is 43.9 Å². The number of ketones is 4. The Kier molecular flexibility index (Phi) is 11.6. The Morgan fingerprint density at radius 2 is 0.654 bits per heavy atom. The van der Waals surface area contributed by atoms with E-state index in [1.165, 1.54) is 0 Å². The number of hydrogen-bond acceptors (Lipinski definition) is 10. The lowest BCUT2D eigenvalue weighted by atomic mass is 10.00. The highest BCUT2D eigenvalue weighted by molar-refractivity contribution is 7.87. The van der Waals surface area contributed by atoms with Gasteiger partial charge in [-0.05, 0) is 52.0 Å². The third-order valence-corrected chi connectivity index (χ3v) is 9.01. The van der Waals surface area contributed by atoms with E-state index in [2.05, 4.69) is 8.37 Å². The molecule has 278 valence electrons. The van der Waals surface area contributed by atoms with E-state index in [0.717, 1.165) is 27.7 Å². The van der Waals surface area contributed by atoms with Crippen LogP contribution in [0.1, 0.15) is 38.8 Å².